The molecule has 1 aromatic carbocycles. The van der Waals surface area contributed by atoms with Crippen LogP contribution in [0, 0.1) is 0 Å². The van der Waals surface area contributed by atoms with Crippen LogP contribution in [-0.4, -0.2) is 12.7 Å². The minimum atomic E-state index is -0.383. The van der Waals surface area contributed by atoms with Crippen LogP contribution in [0.4, 0.5) is 4.79 Å². The van der Waals surface area contributed by atoms with Crippen molar-refractivity contribution < 1.29 is 9.53 Å². The number of carbonyl (C=O) groups excluding carboxylic acids is 1. The Morgan fingerprint density at radius 3 is 2.86 bits per heavy atom. The SMILES string of the molecule is O=C1N[C@H](c2cc(Cl)cc(Br)c2)CO1. The van der Waals surface area contributed by atoms with E-state index in [-0.39, 0.29) is 12.1 Å². The highest BCUT2D eigenvalue weighted by atomic mass is 79.9. The quantitative estimate of drug-likeness (QED) is 0.856. The van der Waals surface area contributed by atoms with Gasteiger partial charge in [-0.3, -0.25) is 0 Å². The van der Waals surface area contributed by atoms with E-state index in [2.05, 4.69) is 21.2 Å². The zero-order valence-electron chi connectivity index (χ0n) is 7.09. The number of hydrogen-bond acceptors (Lipinski definition) is 2. The summed E-state index contributed by atoms with van der Waals surface area (Å²) in [6.45, 7) is 0.353. The van der Waals surface area contributed by atoms with E-state index in [1.54, 1.807) is 6.07 Å². The van der Waals surface area contributed by atoms with Crippen LogP contribution in [0.1, 0.15) is 11.6 Å². The Hall–Kier alpha value is -0.740. The van der Waals surface area contributed by atoms with Crippen LogP contribution in [0.2, 0.25) is 5.02 Å². The topological polar surface area (TPSA) is 38.3 Å². The molecule has 1 heterocycles. The highest BCUT2D eigenvalue weighted by Crippen LogP contribution is 2.25. The van der Waals surface area contributed by atoms with E-state index in [9.17, 15) is 4.79 Å². The van der Waals surface area contributed by atoms with Crippen molar-refractivity contribution in [1.82, 2.24) is 5.32 Å². The number of ether oxygens (including phenoxy) is 1. The van der Waals surface area contributed by atoms with E-state index >= 15 is 0 Å². The molecule has 0 saturated carbocycles. The van der Waals surface area contributed by atoms with Crippen molar-refractivity contribution in [3.8, 4) is 0 Å². The normalized spacial score (nSPS) is 20.4. The molecule has 1 N–H and O–H groups in total. The van der Waals surface area contributed by atoms with Crippen LogP contribution in [0.3, 0.4) is 0 Å². The van der Waals surface area contributed by atoms with Gasteiger partial charge in [0.05, 0.1) is 6.04 Å². The van der Waals surface area contributed by atoms with Crippen LogP contribution in [0.15, 0.2) is 22.7 Å². The van der Waals surface area contributed by atoms with Crippen molar-refractivity contribution in [1.29, 1.82) is 0 Å². The summed E-state index contributed by atoms with van der Waals surface area (Å²) in [4.78, 5) is 10.8. The van der Waals surface area contributed by atoms with Gasteiger partial charge in [-0.05, 0) is 23.8 Å². The Morgan fingerprint density at radius 1 is 1.50 bits per heavy atom. The van der Waals surface area contributed by atoms with Gasteiger partial charge in [0.2, 0.25) is 0 Å². The fourth-order valence-electron chi connectivity index (χ4n) is 1.34. The predicted molar refractivity (Wildman–Crippen MR) is 56.4 cm³/mol. The van der Waals surface area contributed by atoms with Crippen molar-refractivity contribution in [3.63, 3.8) is 0 Å². The summed E-state index contributed by atoms with van der Waals surface area (Å²) >= 11 is 9.22. The van der Waals surface area contributed by atoms with Crippen LogP contribution in [0.5, 0.6) is 0 Å². The van der Waals surface area contributed by atoms with Gasteiger partial charge in [0.15, 0.2) is 0 Å². The summed E-state index contributed by atoms with van der Waals surface area (Å²) < 4.78 is 5.68. The fourth-order valence-corrected chi connectivity index (χ4v) is 2.23. The minimum Gasteiger partial charge on any atom is -0.447 e. The Bertz CT molecular complexity index is 363. The third-order valence-electron chi connectivity index (χ3n) is 1.96. The van der Waals surface area contributed by atoms with Crippen molar-refractivity contribution in [2.75, 3.05) is 6.61 Å². The second kappa shape index (κ2) is 3.79. The molecule has 74 valence electrons. The van der Waals surface area contributed by atoms with E-state index in [1.165, 1.54) is 0 Å². The zero-order valence-corrected chi connectivity index (χ0v) is 9.43. The van der Waals surface area contributed by atoms with Crippen LogP contribution < -0.4 is 5.32 Å². The Morgan fingerprint density at radius 2 is 2.29 bits per heavy atom. The van der Waals surface area contributed by atoms with E-state index in [4.69, 9.17) is 16.3 Å². The monoisotopic (exact) mass is 275 g/mol. The van der Waals surface area contributed by atoms with Gasteiger partial charge in [-0.25, -0.2) is 4.79 Å². The van der Waals surface area contributed by atoms with Crippen molar-refractivity contribution in [2.24, 2.45) is 0 Å². The first-order valence-electron chi connectivity index (χ1n) is 4.04. The average Bonchev–Trinajstić information content (AvgIpc) is 2.50. The van der Waals surface area contributed by atoms with Crippen LogP contribution in [-0.2, 0) is 4.74 Å². The molecule has 1 atom stereocenters. The Balaban J connectivity index is 2.27. The third-order valence-corrected chi connectivity index (χ3v) is 2.64. The van der Waals surface area contributed by atoms with E-state index < -0.39 is 0 Å². The number of halogens is 2. The Labute approximate surface area is 94.5 Å². The molecule has 0 bridgehead atoms. The number of benzene rings is 1. The lowest BCUT2D eigenvalue weighted by Crippen LogP contribution is -2.18. The Kier molecular flexibility index (Phi) is 2.65. The summed E-state index contributed by atoms with van der Waals surface area (Å²) in [5.74, 6) is 0. The highest BCUT2D eigenvalue weighted by Gasteiger charge is 2.23. The first kappa shape index (κ1) is 9.80. The standard InChI is InChI=1S/C9H7BrClNO2/c10-6-1-5(2-7(11)3-6)8-4-14-9(13)12-8/h1-3,8H,4H2,(H,12,13)/t8-/m0/s1. The number of alkyl carbamates (subject to hydrolysis) is 1. The largest absolute Gasteiger partial charge is 0.447 e. The molecular weight excluding hydrogens is 269 g/mol. The summed E-state index contributed by atoms with van der Waals surface area (Å²) in [5.41, 5.74) is 0.940. The van der Waals surface area contributed by atoms with Gasteiger partial charge in [0.25, 0.3) is 0 Å². The predicted octanol–water partition coefficient (Wildman–Crippen LogP) is 2.88. The fraction of sp³-hybridized carbons (Fsp3) is 0.222. The molecule has 5 heteroatoms. The number of nitrogens with one attached hydrogen (secondary N) is 1. The maximum Gasteiger partial charge on any atom is 0.407 e. The molecule has 1 fully saturated rings. The number of carbonyl (C=O) groups is 1. The van der Waals surface area contributed by atoms with Gasteiger partial charge in [0.1, 0.15) is 6.61 Å². The van der Waals surface area contributed by atoms with Gasteiger partial charge in [0, 0.05) is 9.50 Å². The van der Waals surface area contributed by atoms with Gasteiger partial charge < -0.3 is 10.1 Å². The maximum atomic E-state index is 10.8. The average molecular weight is 277 g/mol. The van der Waals surface area contributed by atoms with Gasteiger partial charge >= 0.3 is 6.09 Å². The van der Waals surface area contributed by atoms with Gasteiger partial charge in [-0.2, -0.15) is 0 Å². The third kappa shape index (κ3) is 2.01. The summed E-state index contributed by atoms with van der Waals surface area (Å²) in [6.07, 6.45) is -0.383. The molecule has 0 spiro atoms. The number of amides is 1. The molecule has 3 nitrogen and oxygen atoms in total. The van der Waals surface area contributed by atoms with E-state index in [0.29, 0.717) is 11.6 Å². The van der Waals surface area contributed by atoms with Crippen molar-refractivity contribution in [3.05, 3.63) is 33.3 Å². The lowest BCUT2D eigenvalue weighted by molar-refractivity contribution is 0.177. The highest BCUT2D eigenvalue weighted by molar-refractivity contribution is 9.10. The molecule has 14 heavy (non-hydrogen) atoms. The van der Waals surface area contributed by atoms with E-state index in [0.717, 1.165) is 10.0 Å². The molecule has 2 rings (SSSR count). The summed E-state index contributed by atoms with van der Waals surface area (Å²) in [6, 6.07) is 5.41. The van der Waals surface area contributed by atoms with E-state index in [1.807, 2.05) is 12.1 Å². The first-order chi connectivity index (χ1) is 6.65. The molecule has 0 aromatic heterocycles. The minimum absolute atomic E-state index is 0.0995. The molecule has 1 amide bonds. The maximum absolute atomic E-state index is 10.8. The molecule has 1 aromatic rings. The molecule has 0 unspecified atom stereocenters. The molecule has 1 aliphatic rings. The van der Waals surface area contributed by atoms with Gasteiger partial charge in [-0.1, -0.05) is 27.5 Å². The van der Waals surface area contributed by atoms with Crippen molar-refractivity contribution in [2.45, 2.75) is 6.04 Å². The second-order valence-electron chi connectivity index (χ2n) is 3.00. The smallest absolute Gasteiger partial charge is 0.407 e. The lowest BCUT2D eigenvalue weighted by Gasteiger charge is -2.08. The first-order valence-corrected chi connectivity index (χ1v) is 5.21. The number of rotatable bonds is 1. The molecule has 1 saturated heterocycles. The second-order valence-corrected chi connectivity index (χ2v) is 4.35. The summed E-state index contributed by atoms with van der Waals surface area (Å²) in [7, 11) is 0. The zero-order chi connectivity index (χ0) is 10.1. The van der Waals surface area contributed by atoms with Gasteiger partial charge in [-0.15, -0.1) is 0 Å². The molecule has 1 aliphatic heterocycles. The lowest BCUT2D eigenvalue weighted by atomic mass is 10.1. The van der Waals surface area contributed by atoms with Crippen LogP contribution >= 0.6 is 27.5 Å². The molecule has 0 radical (unpaired) electrons. The molecular formula is C9H7BrClNO2. The molecule has 0 aliphatic carbocycles. The van der Waals surface area contributed by atoms with Crippen LogP contribution in [0.25, 0.3) is 0 Å². The summed E-state index contributed by atoms with van der Waals surface area (Å²) in [5, 5.41) is 3.32. The number of hydrogen-bond donors (Lipinski definition) is 1. The number of cyclic esters (lactones) is 1. The van der Waals surface area contributed by atoms with Crippen molar-refractivity contribution >= 4 is 33.6 Å².